The molecule has 6 heteroatoms. The van der Waals surface area contributed by atoms with E-state index in [4.69, 9.17) is 4.74 Å². The maximum absolute atomic E-state index is 13.6. The minimum Gasteiger partial charge on any atom is -0.495 e. The summed E-state index contributed by atoms with van der Waals surface area (Å²) in [4.78, 5) is 16.4. The number of methoxy groups -OCH3 is 1. The Morgan fingerprint density at radius 3 is 2.62 bits per heavy atom. The van der Waals surface area contributed by atoms with Crippen molar-refractivity contribution in [3.63, 3.8) is 0 Å². The molecule has 1 aromatic heterocycles. The highest BCUT2D eigenvalue weighted by Crippen LogP contribution is 2.54. The van der Waals surface area contributed by atoms with Crippen LogP contribution < -0.4 is 4.74 Å². The summed E-state index contributed by atoms with van der Waals surface area (Å²) in [6, 6.07) is 13.9. The number of benzene rings is 2. The molecule has 2 heterocycles. The number of nitrogens with zero attached hydrogens (tertiary/aromatic N) is 2. The van der Waals surface area contributed by atoms with E-state index in [9.17, 15) is 9.18 Å². The summed E-state index contributed by atoms with van der Waals surface area (Å²) in [5, 5.41) is 0.593. The molecule has 1 aliphatic rings. The van der Waals surface area contributed by atoms with Gasteiger partial charge in [0, 0.05) is 34.5 Å². The Labute approximate surface area is 174 Å². The lowest BCUT2D eigenvalue weighted by atomic mass is 10.0. The van der Waals surface area contributed by atoms with E-state index >= 15 is 0 Å². The van der Waals surface area contributed by atoms with Gasteiger partial charge in [-0.2, -0.15) is 0 Å². The Balaban J connectivity index is 2.07. The molecule has 29 heavy (non-hydrogen) atoms. The van der Waals surface area contributed by atoms with Crippen molar-refractivity contribution in [2.24, 2.45) is 0 Å². The molecule has 0 saturated carbocycles. The Bertz CT molecular complexity index is 1060. The molecular weight excluding hydrogens is 386 g/mol. The van der Waals surface area contributed by atoms with Crippen molar-refractivity contribution in [1.82, 2.24) is 9.47 Å². The number of aryl methyl sites for hydroxylation is 1. The average Bonchev–Trinajstić information content (AvgIpc) is 3.09. The number of carbonyl (C=O) groups excluding carboxylic acids is 1. The Hall–Kier alpha value is -2.47. The molecule has 1 aliphatic heterocycles. The van der Waals surface area contributed by atoms with Crippen LogP contribution in [0, 0.1) is 0 Å². The number of aromatic nitrogens is 1. The topological polar surface area (TPSA) is 34.5 Å². The molecule has 1 unspecified atom stereocenters. The standard InChI is InChI=1S/C23H25FN2O2S/c1-4-25(5-2)23(27)22-19-16-10-8-11-17(28-3)20(16)26(14-13-24)21(19)15-9-6-7-12-18(15)29-22/h6-12,22H,4-5,13-14H2,1-3H3/i24-1. The summed E-state index contributed by atoms with van der Waals surface area (Å²) in [6.45, 7) is 5.06. The van der Waals surface area contributed by atoms with Crippen LogP contribution in [0.3, 0.4) is 0 Å². The second-order valence-electron chi connectivity index (χ2n) is 6.96. The molecule has 0 aliphatic carbocycles. The van der Waals surface area contributed by atoms with Crippen LogP contribution >= 0.6 is 11.8 Å². The van der Waals surface area contributed by atoms with Gasteiger partial charge in [-0.15, -0.1) is 11.8 Å². The molecule has 2 aromatic carbocycles. The number of hydrogen-bond donors (Lipinski definition) is 0. The summed E-state index contributed by atoms with van der Waals surface area (Å²) < 4.78 is 21.2. The van der Waals surface area contributed by atoms with Crippen molar-refractivity contribution >= 4 is 28.6 Å². The van der Waals surface area contributed by atoms with Gasteiger partial charge >= 0.3 is 0 Å². The summed E-state index contributed by atoms with van der Waals surface area (Å²) in [6.07, 6.45) is 0. The maximum Gasteiger partial charge on any atom is 0.240 e. The van der Waals surface area contributed by atoms with E-state index in [2.05, 4.69) is 6.07 Å². The fourth-order valence-corrected chi connectivity index (χ4v) is 5.57. The van der Waals surface area contributed by atoms with Crippen molar-refractivity contribution < 1.29 is 13.9 Å². The van der Waals surface area contributed by atoms with E-state index in [1.807, 2.05) is 59.7 Å². The molecule has 1 atom stereocenters. The van der Waals surface area contributed by atoms with Crippen molar-refractivity contribution in [2.45, 2.75) is 30.5 Å². The van der Waals surface area contributed by atoms with E-state index < -0.39 is 6.67 Å². The number of thioether (sulfide) groups is 1. The largest absolute Gasteiger partial charge is 0.495 e. The third-order valence-electron chi connectivity index (χ3n) is 5.56. The first-order valence-electron chi connectivity index (χ1n) is 9.96. The van der Waals surface area contributed by atoms with Crippen molar-refractivity contribution in [3.8, 4) is 17.0 Å². The Morgan fingerprint density at radius 2 is 1.93 bits per heavy atom. The van der Waals surface area contributed by atoms with Crippen molar-refractivity contribution in [1.29, 1.82) is 0 Å². The van der Waals surface area contributed by atoms with E-state index in [1.54, 1.807) is 18.9 Å². The first kappa shape index (κ1) is 19.8. The first-order chi connectivity index (χ1) is 14.2. The summed E-state index contributed by atoms with van der Waals surface area (Å²) in [7, 11) is 1.63. The normalized spacial score (nSPS) is 15.1. The number of para-hydroxylation sites is 1. The third kappa shape index (κ3) is 3.10. The van der Waals surface area contributed by atoms with Crippen molar-refractivity contribution in [3.05, 3.63) is 48.0 Å². The van der Waals surface area contributed by atoms with Crippen LogP contribution in [-0.2, 0) is 11.3 Å². The second kappa shape index (κ2) is 8.11. The molecule has 0 radical (unpaired) electrons. The van der Waals surface area contributed by atoms with Gasteiger partial charge in [-0.3, -0.25) is 4.79 Å². The average molecular weight is 412 g/mol. The minimum absolute atomic E-state index is 0.0953. The van der Waals surface area contributed by atoms with E-state index in [0.717, 1.165) is 32.6 Å². The number of alkyl halides is 1. The van der Waals surface area contributed by atoms with Crippen LogP contribution in [0.15, 0.2) is 47.4 Å². The molecule has 0 fully saturated rings. The van der Waals surface area contributed by atoms with Crippen LogP contribution in [0.5, 0.6) is 5.75 Å². The molecule has 4 nitrogen and oxygen atoms in total. The van der Waals surface area contributed by atoms with Crippen LogP contribution in [0.2, 0.25) is 0 Å². The highest BCUT2D eigenvalue weighted by molar-refractivity contribution is 8.00. The minimum atomic E-state index is -0.488. The van der Waals surface area contributed by atoms with Gasteiger partial charge in [0.25, 0.3) is 0 Å². The quantitative estimate of drug-likeness (QED) is 0.552. The van der Waals surface area contributed by atoms with Crippen LogP contribution in [0.25, 0.3) is 22.2 Å². The SMILES string of the molecule is CCN(CC)C(=O)C1Sc2ccccc2-c2c1c1cccc(OC)c1n2CC[18F]. The Morgan fingerprint density at radius 1 is 1.17 bits per heavy atom. The van der Waals surface area contributed by atoms with Gasteiger partial charge in [0.1, 0.15) is 17.7 Å². The second-order valence-corrected chi connectivity index (χ2v) is 8.11. The molecule has 4 rings (SSSR count). The number of amides is 1. The number of fused-ring (bicyclic) bond motifs is 5. The number of rotatable bonds is 6. The smallest absolute Gasteiger partial charge is 0.240 e. The van der Waals surface area contributed by atoms with E-state index in [1.165, 1.54) is 0 Å². The summed E-state index contributed by atoms with van der Waals surface area (Å²) in [5.41, 5.74) is 3.80. The maximum atomic E-state index is 13.6. The Kier molecular flexibility index (Phi) is 5.54. The molecule has 152 valence electrons. The van der Waals surface area contributed by atoms with Gasteiger partial charge in [-0.1, -0.05) is 30.3 Å². The van der Waals surface area contributed by atoms with Gasteiger partial charge in [-0.25, -0.2) is 4.39 Å². The number of halogens is 1. The molecule has 0 saturated heterocycles. The van der Waals surface area contributed by atoms with Gasteiger partial charge in [0.05, 0.1) is 24.9 Å². The fourth-order valence-electron chi connectivity index (χ4n) is 4.26. The number of carbonyl (C=O) groups is 1. The van der Waals surface area contributed by atoms with Crippen molar-refractivity contribution in [2.75, 3.05) is 26.9 Å². The lowest BCUT2D eigenvalue weighted by molar-refractivity contribution is -0.130. The fraction of sp³-hybridized carbons (Fsp3) is 0.348. The van der Waals surface area contributed by atoms with Gasteiger partial charge in [0.15, 0.2) is 0 Å². The van der Waals surface area contributed by atoms with Gasteiger partial charge < -0.3 is 14.2 Å². The summed E-state index contributed by atoms with van der Waals surface area (Å²) in [5.74, 6) is 0.791. The predicted molar refractivity (Wildman–Crippen MR) is 116 cm³/mol. The number of likely N-dealkylation sites (N-methyl/N-ethyl adjacent to an activating group) is 1. The lowest BCUT2D eigenvalue weighted by Gasteiger charge is -2.29. The highest BCUT2D eigenvalue weighted by Gasteiger charge is 2.37. The molecule has 0 bridgehead atoms. The zero-order valence-corrected chi connectivity index (χ0v) is 17.8. The molecule has 0 spiro atoms. The van der Waals surface area contributed by atoms with Crippen LogP contribution in [-0.4, -0.2) is 42.2 Å². The van der Waals surface area contributed by atoms with E-state index in [-0.39, 0.29) is 17.7 Å². The molecule has 3 aromatic rings. The molecule has 1 amide bonds. The first-order valence-corrected chi connectivity index (χ1v) is 10.8. The molecule has 0 N–H and O–H groups in total. The summed E-state index contributed by atoms with van der Waals surface area (Å²) >= 11 is 1.59. The third-order valence-corrected chi connectivity index (χ3v) is 6.84. The highest BCUT2D eigenvalue weighted by atomic mass is 32.2. The van der Waals surface area contributed by atoms with Crippen LogP contribution in [0.1, 0.15) is 24.7 Å². The van der Waals surface area contributed by atoms with Gasteiger partial charge in [-0.05, 0) is 26.0 Å². The predicted octanol–water partition coefficient (Wildman–Crippen LogP) is 5.30. The van der Waals surface area contributed by atoms with Gasteiger partial charge in [0.2, 0.25) is 5.91 Å². The number of hydrogen-bond acceptors (Lipinski definition) is 3. The zero-order valence-electron chi connectivity index (χ0n) is 16.9. The number of ether oxygens (including phenoxy) is 1. The van der Waals surface area contributed by atoms with E-state index in [0.29, 0.717) is 18.8 Å². The van der Waals surface area contributed by atoms with Crippen LogP contribution in [0.4, 0.5) is 4.39 Å². The monoisotopic (exact) mass is 411 g/mol. The zero-order chi connectivity index (χ0) is 20.5. The molecular formula is C23H25FN2O2S. The lowest BCUT2D eigenvalue weighted by Crippen LogP contribution is -2.34.